The molecule has 226 valence electrons. The molecule has 2 atom stereocenters. The number of hydrogen-bond donors (Lipinski definition) is 0. The minimum absolute atomic E-state index is 0.0632. The van der Waals surface area contributed by atoms with E-state index in [1.807, 2.05) is 49.6 Å². The van der Waals surface area contributed by atoms with Crippen LogP contribution in [0.15, 0.2) is 28.7 Å². The van der Waals surface area contributed by atoms with Crippen LogP contribution in [0.3, 0.4) is 0 Å². The Morgan fingerprint density at radius 2 is 1.90 bits per heavy atom. The molecule has 41 heavy (non-hydrogen) atoms. The number of hydrogen-bond acceptors (Lipinski definition) is 7. The Hall–Kier alpha value is -2.21. The first-order valence-electron chi connectivity index (χ1n) is 14.5. The SMILES string of the molecule is CC(C)(C)OC(=O)N1CC2CC1c1nc(-c3ccc(Br)cc3)c(n1COCC[Si](C)(C)C)COC(=O)CCCCO2. The molecule has 2 unspecified atom stereocenters. The van der Waals surface area contributed by atoms with Gasteiger partial charge in [-0.15, -0.1) is 0 Å². The Balaban J connectivity index is 1.80. The zero-order chi connectivity index (χ0) is 29.8. The van der Waals surface area contributed by atoms with Crippen molar-refractivity contribution in [3.63, 3.8) is 0 Å². The lowest BCUT2D eigenvalue weighted by molar-refractivity contribution is -0.145. The van der Waals surface area contributed by atoms with Crippen LogP contribution in [-0.4, -0.2) is 66.1 Å². The maximum absolute atomic E-state index is 13.5. The topological polar surface area (TPSA) is 92.1 Å². The predicted molar refractivity (Wildman–Crippen MR) is 163 cm³/mol. The number of esters is 1. The van der Waals surface area contributed by atoms with Gasteiger partial charge in [-0.05, 0) is 51.8 Å². The molecule has 2 aliphatic heterocycles. The normalized spacial score (nSPS) is 20.5. The van der Waals surface area contributed by atoms with Crippen molar-refractivity contribution in [3.05, 3.63) is 40.3 Å². The predicted octanol–water partition coefficient (Wildman–Crippen LogP) is 6.92. The van der Waals surface area contributed by atoms with Crippen LogP contribution in [0.2, 0.25) is 25.7 Å². The number of benzene rings is 1. The van der Waals surface area contributed by atoms with Gasteiger partial charge >= 0.3 is 12.1 Å². The molecule has 9 nitrogen and oxygen atoms in total. The maximum Gasteiger partial charge on any atom is 0.411 e. The van der Waals surface area contributed by atoms with E-state index >= 15 is 0 Å². The van der Waals surface area contributed by atoms with E-state index in [2.05, 4.69) is 35.6 Å². The first-order valence-corrected chi connectivity index (χ1v) is 19.0. The molecule has 0 N–H and O–H groups in total. The van der Waals surface area contributed by atoms with Crippen LogP contribution in [0.5, 0.6) is 0 Å². The molecular formula is C30H44BrN3O6Si. The molecule has 0 saturated carbocycles. The standard InChI is InChI=1S/C30H44BrN3O6Si/c1-30(2,3)40-29(36)33-18-23-17-24(33)28-32-27(21-10-12-22(31)13-11-21)25(19-39-26(35)9-7-8-14-38-23)34(28)20-37-15-16-41(4,5)6/h10-13,23-24H,7-9,14-20H2,1-6H3. The molecule has 0 radical (unpaired) electrons. The Labute approximate surface area is 253 Å². The Kier molecular flexibility index (Phi) is 10.4. The highest BCUT2D eigenvalue weighted by molar-refractivity contribution is 9.10. The first-order chi connectivity index (χ1) is 19.3. The lowest BCUT2D eigenvalue weighted by Gasteiger charge is -2.28. The van der Waals surface area contributed by atoms with Gasteiger partial charge in [0.15, 0.2) is 0 Å². The number of halogens is 1. The number of imidazole rings is 1. The minimum atomic E-state index is -1.31. The van der Waals surface area contributed by atoms with Gasteiger partial charge in [0.2, 0.25) is 0 Å². The van der Waals surface area contributed by atoms with E-state index < -0.39 is 25.8 Å². The van der Waals surface area contributed by atoms with Crippen molar-refractivity contribution < 1.29 is 28.5 Å². The van der Waals surface area contributed by atoms with Crippen LogP contribution in [0.1, 0.15) is 64.0 Å². The zero-order valence-electron chi connectivity index (χ0n) is 25.2. The minimum Gasteiger partial charge on any atom is -0.459 e. The number of fused-ring (bicyclic) bond motifs is 5. The highest BCUT2D eigenvalue weighted by Gasteiger charge is 2.42. The van der Waals surface area contributed by atoms with Crippen LogP contribution in [0.25, 0.3) is 11.3 Å². The summed E-state index contributed by atoms with van der Waals surface area (Å²) in [6.07, 6.45) is 1.76. The van der Waals surface area contributed by atoms with Gasteiger partial charge in [-0.25, -0.2) is 9.78 Å². The van der Waals surface area contributed by atoms with Crippen molar-refractivity contribution >= 4 is 36.1 Å². The summed E-state index contributed by atoms with van der Waals surface area (Å²) in [4.78, 5) is 33.0. The molecule has 1 saturated heterocycles. The number of likely N-dealkylation sites (tertiary alicyclic amines) is 1. The number of aromatic nitrogens is 2. The van der Waals surface area contributed by atoms with E-state index in [4.69, 9.17) is 23.9 Å². The number of ether oxygens (including phenoxy) is 4. The van der Waals surface area contributed by atoms with Gasteiger partial charge in [-0.1, -0.05) is 47.7 Å². The van der Waals surface area contributed by atoms with Crippen molar-refractivity contribution in [2.75, 3.05) is 19.8 Å². The van der Waals surface area contributed by atoms with E-state index in [0.717, 1.165) is 28.2 Å². The average molecular weight is 651 g/mol. The van der Waals surface area contributed by atoms with Crippen LogP contribution in [0, 0.1) is 0 Å². The number of amides is 1. The van der Waals surface area contributed by atoms with Gasteiger partial charge in [-0.3, -0.25) is 9.69 Å². The largest absolute Gasteiger partial charge is 0.459 e. The molecule has 4 bridgehead atoms. The third-order valence-corrected chi connectivity index (χ3v) is 9.36. The van der Waals surface area contributed by atoms with E-state index in [1.165, 1.54) is 0 Å². The molecule has 0 spiro atoms. The van der Waals surface area contributed by atoms with Crippen molar-refractivity contribution in [2.24, 2.45) is 0 Å². The van der Waals surface area contributed by atoms with E-state index in [9.17, 15) is 9.59 Å². The summed E-state index contributed by atoms with van der Waals surface area (Å²) in [7, 11) is -1.31. The number of nitrogens with zero attached hydrogens (tertiary/aromatic N) is 3. The molecule has 2 aliphatic rings. The average Bonchev–Trinajstić information content (AvgIpc) is 3.45. The van der Waals surface area contributed by atoms with Gasteiger partial charge in [-0.2, -0.15) is 0 Å². The van der Waals surface area contributed by atoms with Gasteiger partial charge in [0.05, 0.1) is 30.1 Å². The second-order valence-corrected chi connectivity index (χ2v) is 19.6. The van der Waals surface area contributed by atoms with Crippen molar-refractivity contribution in [2.45, 2.75) is 103 Å². The van der Waals surface area contributed by atoms with E-state index in [1.54, 1.807) is 4.90 Å². The molecule has 1 fully saturated rings. The molecule has 1 amide bonds. The van der Waals surface area contributed by atoms with Crippen molar-refractivity contribution in [1.29, 1.82) is 0 Å². The van der Waals surface area contributed by atoms with Crippen LogP contribution < -0.4 is 0 Å². The number of carbonyl (C=O) groups excluding carboxylic acids is 2. The quantitative estimate of drug-likeness (QED) is 0.190. The summed E-state index contributed by atoms with van der Waals surface area (Å²) < 4.78 is 27.0. The molecule has 4 rings (SSSR count). The van der Waals surface area contributed by atoms with Crippen molar-refractivity contribution in [1.82, 2.24) is 14.5 Å². The van der Waals surface area contributed by atoms with E-state index in [0.29, 0.717) is 50.5 Å². The fraction of sp³-hybridized carbons (Fsp3) is 0.633. The molecule has 0 aliphatic carbocycles. The summed E-state index contributed by atoms with van der Waals surface area (Å²) in [6, 6.07) is 8.52. The van der Waals surface area contributed by atoms with Gasteiger partial charge in [0, 0.05) is 44.2 Å². The monoisotopic (exact) mass is 649 g/mol. The Bertz CT molecular complexity index is 1200. The fourth-order valence-electron chi connectivity index (χ4n) is 4.95. The number of rotatable bonds is 6. The van der Waals surface area contributed by atoms with Gasteiger partial charge < -0.3 is 23.5 Å². The molecule has 11 heteroatoms. The highest BCUT2D eigenvalue weighted by atomic mass is 79.9. The summed E-state index contributed by atoms with van der Waals surface area (Å²) in [5.41, 5.74) is 1.70. The van der Waals surface area contributed by atoms with Crippen LogP contribution >= 0.6 is 15.9 Å². The maximum atomic E-state index is 13.5. The van der Waals surface area contributed by atoms with Crippen LogP contribution in [0.4, 0.5) is 4.79 Å². The molecule has 3 heterocycles. The summed E-state index contributed by atoms with van der Waals surface area (Å²) >= 11 is 3.52. The Morgan fingerprint density at radius 1 is 1.17 bits per heavy atom. The highest BCUT2D eigenvalue weighted by Crippen LogP contribution is 2.38. The van der Waals surface area contributed by atoms with Crippen molar-refractivity contribution in [3.8, 4) is 11.3 Å². The van der Waals surface area contributed by atoms with Gasteiger partial charge in [0.1, 0.15) is 24.8 Å². The summed E-state index contributed by atoms with van der Waals surface area (Å²) in [6.45, 7) is 14.4. The summed E-state index contributed by atoms with van der Waals surface area (Å²) in [5.74, 6) is 0.423. The molecule has 1 aromatic heterocycles. The lowest BCUT2D eigenvalue weighted by Crippen LogP contribution is -2.38. The Morgan fingerprint density at radius 3 is 2.59 bits per heavy atom. The van der Waals surface area contributed by atoms with Crippen LogP contribution in [-0.2, 0) is 37.1 Å². The third kappa shape index (κ3) is 8.89. The second-order valence-electron chi connectivity index (χ2n) is 13.0. The fourth-order valence-corrected chi connectivity index (χ4v) is 5.97. The smallest absolute Gasteiger partial charge is 0.411 e. The lowest BCUT2D eigenvalue weighted by atomic mass is 10.1. The number of carbonyl (C=O) groups is 2. The zero-order valence-corrected chi connectivity index (χ0v) is 27.8. The van der Waals surface area contributed by atoms with Gasteiger partial charge in [0.25, 0.3) is 0 Å². The first kappa shape index (κ1) is 31.7. The van der Waals surface area contributed by atoms with E-state index in [-0.39, 0.29) is 25.4 Å². The third-order valence-electron chi connectivity index (χ3n) is 7.12. The number of cyclic esters (lactones) is 1. The second kappa shape index (κ2) is 13.4. The molecule has 2 aromatic rings. The molecular weight excluding hydrogens is 606 g/mol. The summed E-state index contributed by atoms with van der Waals surface area (Å²) in [5, 5.41) is 0. The molecule has 1 aromatic carbocycles.